The number of aliphatic hydroxyl groups is 3. The van der Waals surface area contributed by atoms with Crippen molar-refractivity contribution >= 4 is 6.08 Å². The molecule has 4 aromatic rings. The van der Waals surface area contributed by atoms with Gasteiger partial charge in [0, 0.05) is 42.7 Å². The topological polar surface area (TPSA) is 187 Å². The molecule has 65 heavy (non-hydrogen) atoms. The van der Waals surface area contributed by atoms with Gasteiger partial charge in [-0.2, -0.15) is 0 Å². The molecule has 4 heterocycles. The zero-order valence-electron chi connectivity index (χ0n) is 37.7. The summed E-state index contributed by atoms with van der Waals surface area (Å²) in [5.74, 6) is 8.78. The van der Waals surface area contributed by atoms with Crippen molar-refractivity contribution in [1.29, 1.82) is 0 Å². The summed E-state index contributed by atoms with van der Waals surface area (Å²) < 4.78 is 27.7. The van der Waals surface area contributed by atoms with Gasteiger partial charge >= 0.3 is 0 Å². The number of phenolic OH excluding ortho intramolecular Hbond substituents is 2. The van der Waals surface area contributed by atoms with Crippen molar-refractivity contribution in [3.63, 3.8) is 0 Å². The maximum absolute atomic E-state index is 11.2. The quantitative estimate of drug-likeness (QED) is 0.0522. The minimum atomic E-state index is -1.23. The molecule has 0 radical (unpaired) electrons. The third-order valence-corrected chi connectivity index (χ3v) is 13.5. The van der Waals surface area contributed by atoms with Crippen LogP contribution in [0.5, 0.6) is 28.7 Å². The van der Waals surface area contributed by atoms with Crippen molar-refractivity contribution in [2.45, 2.75) is 107 Å². The number of aromatic hydroxyl groups is 2. The fourth-order valence-corrected chi connectivity index (χ4v) is 10.7. The molecule has 5 aliphatic rings. The molecule has 13 nitrogen and oxygen atoms in total. The summed E-state index contributed by atoms with van der Waals surface area (Å²) in [5.41, 5.74) is 5.52. The average molecular weight is 887 g/mol. The maximum atomic E-state index is 11.2. The van der Waals surface area contributed by atoms with Crippen LogP contribution in [-0.4, -0.2) is 102 Å². The van der Waals surface area contributed by atoms with E-state index in [0.29, 0.717) is 74.6 Å². The molecule has 7 atom stereocenters. The molecule has 4 aliphatic heterocycles. The summed E-state index contributed by atoms with van der Waals surface area (Å²) >= 11 is 0. The molecule has 0 fully saturated rings. The highest BCUT2D eigenvalue weighted by Gasteiger charge is 2.54. The third kappa shape index (κ3) is 8.93. The second kappa shape index (κ2) is 18.6. The molecule has 0 spiro atoms. The minimum Gasteiger partial charge on any atom is -0.508 e. The SMILES string of the molecule is CNCO[C@]12Cc3c4c(c5c(c3O[C@@H]1c1ccc(O)c(c1)O[C@H](CO)CC#C[C@H]2NCNC[C@@](C)(O)CC(C)C)CC[C@@H](CO)O5)-c1ccc(O)cc1[C@H](Cc1ccc2c(c1)=CCN=2)C4. The first-order valence-electron chi connectivity index (χ1n) is 23.1. The van der Waals surface area contributed by atoms with Gasteiger partial charge in [-0.1, -0.05) is 50.0 Å². The fourth-order valence-electron chi connectivity index (χ4n) is 10.7. The Morgan fingerprint density at radius 2 is 1.82 bits per heavy atom. The molecule has 2 bridgehead atoms. The first kappa shape index (κ1) is 45.0. The molecule has 344 valence electrons. The van der Waals surface area contributed by atoms with Gasteiger partial charge < -0.3 is 49.8 Å². The number of hydrogen-bond acceptors (Lipinski definition) is 13. The average Bonchev–Trinajstić information content (AvgIpc) is 3.76. The largest absolute Gasteiger partial charge is 0.508 e. The molecular weight excluding hydrogens is 825 g/mol. The van der Waals surface area contributed by atoms with Gasteiger partial charge in [0.1, 0.15) is 41.1 Å². The van der Waals surface area contributed by atoms with E-state index in [-0.39, 0.29) is 56.2 Å². The van der Waals surface area contributed by atoms with Crippen LogP contribution in [0.1, 0.15) is 85.4 Å². The van der Waals surface area contributed by atoms with Crippen LogP contribution in [0, 0.1) is 17.8 Å². The van der Waals surface area contributed by atoms with Gasteiger partial charge in [-0.05, 0) is 127 Å². The maximum Gasteiger partial charge on any atom is 0.161 e. The van der Waals surface area contributed by atoms with Crippen LogP contribution in [0.3, 0.4) is 0 Å². The van der Waals surface area contributed by atoms with Gasteiger partial charge in [0.15, 0.2) is 17.6 Å². The number of phenols is 2. The Balaban J connectivity index is 1.23. The predicted octanol–water partition coefficient (Wildman–Crippen LogP) is 3.80. The van der Waals surface area contributed by atoms with Gasteiger partial charge in [-0.15, -0.1) is 0 Å². The van der Waals surface area contributed by atoms with Crippen molar-refractivity contribution in [1.82, 2.24) is 16.0 Å². The smallest absolute Gasteiger partial charge is 0.161 e. The van der Waals surface area contributed by atoms with E-state index in [0.717, 1.165) is 44.0 Å². The predicted molar refractivity (Wildman–Crippen MR) is 247 cm³/mol. The molecule has 4 aromatic carbocycles. The normalized spacial score (nSPS) is 24.5. The number of aliphatic hydroxyl groups excluding tert-OH is 2. The van der Waals surface area contributed by atoms with Gasteiger partial charge in [0.2, 0.25) is 0 Å². The lowest BCUT2D eigenvalue weighted by Crippen LogP contribution is -2.62. The van der Waals surface area contributed by atoms with Crippen LogP contribution in [0.15, 0.2) is 59.6 Å². The van der Waals surface area contributed by atoms with Crippen molar-refractivity contribution in [2.75, 3.05) is 46.8 Å². The Morgan fingerprint density at radius 1 is 0.969 bits per heavy atom. The third-order valence-electron chi connectivity index (χ3n) is 13.5. The Kier molecular flexibility index (Phi) is 12.9. The molecule has 9 rings (SSSR count). The molecule has 13 heteroatoms. The number of rotatable bonds is 14. The molecule has 0 aromatic heterocycles. The Labute approximate surface area is 380 Å². The van der Waals surface area contributed by atoms with Crippen molar-refractivity contribution in [3.05, 3.63) is 98.6 Å². The Morgan fingerprint density at radius 3 is 2.62 bits per heavy atom. The van der Waals surface area contributed by atoms with E-state index in [1.165, 1.54) is 5.56 Å². The Hall–Kier alpha value is -5.17. The first-order chi connectivity index (χ1) is 31.4. The molecule has 0 unspecified atom stereocenters. The minimum absolute atomic E-state index is 0.0383. The zero-order chi connectivity index (χ0) is 45.5. The Bertz CT molecular complexity index is 2620. The lowest BCUT2D eigenvalue weighted by atomic mass is 9.69. The molecule has 0 saturated carbocycles. The summed E-state index contributed by atoms with van der Waals surface area (Å²) in [7, 11) is 1.83. The van der Waals surface area contributed by atoms with Crippen LogP contribution < -0.4 is 40.7 Å². The van der Waals surface area contributed by atoms with Gasteiger partial charge in [0.05, 0.1) is 37.4 Å². The van der Waals surface area contributed by atoms with Crippen molar-refractivity contribution in [3.8, 4) is 51.7 Å². The van der Waals surface area contributed by atoms with Crippen molar-refractivity contribution < 1.29 is 44.5 Å². The number of fused-ring (bicyclic) bond motifs is 13. The van der Waals surface area contributed by atoms with Crippen LogP contribution in [0.25, 0.3) is 17.2 Å². The van der Waals surface area contributed by atoms with Crippen LogP contribution >= 0.6 is 0 Å². The van der Waals surface area contributed by atoms with E-state index in [4.69, 9.17) is 18.9 Å². The van der Waals surface area contributed by atoms with E-state index in [1.54, 1.807) is 18.2 Å². The number of benzene rings is 4. The molecular formula is C52H62N4O9. The number of ether oxygens (including phenoxy) is 4. The number of nitrogens with one attached hydrogen (secondary N) is 3. The lowest BCUT2D eigenvalue weighted by Gasteiger charge is -2.49. The highest BCUT2D eigenvalue weighted by molar-refractivity contribution is 5.85. The summed E-state index contributed by atoms with van der Waals surface area (Å²) in [6.07, 6.45) is 3.82. The number of nitrogens with zero attached hydrogens (tertiary/aromatic N) is 1. The molecule has 1 aliphatic carbocycles. The summed E-state index contributed by atoms with van der Waals surface area (Å²) in [5, 5.41) is 66.7. The van der Waals surface area contributed by atoms with Gasteiger partial charge in [-0.25, -0.2) is 0 Å². The summed E-state index contributed by atoms with van der Waals surface area (Å²) in [6, 6.07) is 16.5. The second-order valence-corrected chi connectivity index (χ2v) is 19.0. The monoisotopic (exact) mass is 886 g/mol. The fraction of sp³-hybridized carbons (Fsp3) is 0.481. The first-order valence-corrected chi connectivity index (χ1v) is 23.1. The summed E-state index contributed by atoms with van der Waals surface area (Å²) in [6.45, 7) is 7.00. The second-order valence-electron chi connectivity index (χ2n) is 19.0. The van der Waals surface area contributed by atoms with E-state index in [9.17, 15) is 25.5 Å². The van der Waals surface area contributed by atoms with E-state index < -0.39 is 35.6 Å². The van der Waals surface area contributed by atoms with E-state index >= 15 is 0 Å². The molecule has 0 saturated heterocycles. The summed E-state index contributed by atoms with van der Waals surface area (Å²) in [4.78, 5) is 4.62. The van der Waals surface area contributed by atoms with Crippen LogP contribution in [-0.2, 0) is 30.4 Å². The van der Waals surface area contributed by atoms with Crippen molar-refractivity contribution in [2.24, 2.45) is 10.9 Å². The van der Waals surface area contributed by atoms with Crippen LogP contribution in [0.2, 0.25) is 0 Å². The highest BCUT2D eigenvalue weighted by atomic mass is 16.6. The molecule has 8 N–H and O–H groups in total. The zero-order valence-corrected chi connectivity index (χ0v) is 37.7. The van der Waals surface area contributed by atoms with E-state index in [1.807, 2.05) is 32.2 Å². The number of hydrogen-bond donors (Lipinski definition) is 8. The highest BCUT2D eigenvalue weighted by Crippen LogP contribution is 2.58. The molecule has 0 amide bonds. The van der Waals surface area contributed by atoms with Gasteiger partial charge in [0.25, 0.3) is 0 Å². The lowest BCUT2D eigenvalue weighted by molar-refractivity contribution is -0.141. The van der Waals surface area contributed by atoms with Crippen LogP contribution in [0.4, 0.5) is 0 Å². The van der Waals surface area contributed by atoms with E-state index in [2.05, 4.69) is 70.9 Å². The standard InChI is InChI=1S/C52H62N4O9/c1-30(2)23-51(3,61)27-54-28-56-46-7-5-6-36(25-57)63-45-21-33(9-15-44(45)60)50-52(46,62-29-53-4)24-42-41-20-34(19-31-8-14-43-32(18-31)16-17-55-43)40-22-35(59)10-12-38(40)47(41)49-39(48(42)65-50)13-11-37(26-58)64-49/h8-10,12,14-16,18,21-22,30,34,36-37,46,50,53-54,56-61H,6,11,13,17,19-20,23-29H2,1-4H3/t34-,36+,37+,46-,50-,51+,52+/m1/s1. The van der Waals surface area contributed by atoms with Gasteiger partial charge in [-0.3, -0.25) is 15.6 Å².